The van der Waals surface area contributed by atoms with Crippen molar-refractivity contribution in [1.82, 2.24) is 10.3 Å². The van der Waals surface area contributed by atoms with Gasteiger partial charge in [-0.15, -0.1) is 0 Å². The van der Waals surface area contributed by atoms with Gasteiger partial charge in [0.25, 0.3) is 0 Å². The Labute approximate surface area is 121 Å². The smallest absolute Gasteiger partial charge is 0.340 e. The van der Waals surface area contributed by atoms with Crippen LogP contribution in [0.3, 0.4) is 0 Å². The number of ether oxygens (including phenoxy) is 1. The van der Waals surface area contributed by atoms with Crippen molar-refractivity contribution >= 4 is 22.8 Å². The number of aromatic carboxylic acids is 1. The number of hydrogen-bond donors (Lipinski definition) is 2. The number of hydrogen-bond acceptors (Lipinski definition) is 4. The standard InChI is InChI=1S/C15H16N2O4/c1-16-13(18)7-4-8-21-12-9-17-11-6-3-2-5-10(11)14(12)15(19)20/h2-3,5-6,9H,4,7-8H2,1H3,(H,16,18)(H,19,20). The third-order valence-corrected chi connectivity index (χ3v) is 3.04. The lowest BCUT2D eigenvalue weighted by Gasteiger charge is -2.10. The number of para-hydroxylation sites is 1. The molecule has 0 saturated carbocycles. The van der Waals surface area contributed by atoms with E-state index in [9.17, 15) is 14.7 Å². The van der Waals surface area contributed by atoms with Crippen LogP contribution in [0.5, 0.6) is 5.75 Å². The largest absolute Gasteiger partial charge is 0.491 e. The highest BCUT2D eigenvalue weighted by atomic mass is 16.5. The number of nitrogens with one attached hydrogen (secondary N) is 1. The summed E-state index contributed by atoms with van der Waals surface area (Å²) in [6.07, 6.45) is 2.25. The van der Waals surface area contributed by atoms with Crippen molar-refractivity contribution < 1.29 is 19.4 Å². The molecule has 2 rings (SSSR count). The minimum atomic E-state index is -1.06. The van der Waals surface area contributed by atoms with Crippen LogP contribution in [0, 0.1) is 0 Å². The van der Waals surface area contributed by atoms with E-state index in [1.165, 1.54) is 6.20 Å². The quantitative estimate of drug-likeness (QED) is 0.792. The number of rotatable bonds is 6. The van der Waals surface area contributed by atoms with E-state index in [0.29, 0.717) is 23.7 Å². The maximum absolute atomic E-state index is 11.5. The van der Waals surface area contributed by atoms with Crippen LogP contribution in [0.25, 0.3) is 10.9 Å². The van der Waals surface area contributed by atoms with Gasteiger partial charge in [-0.3, -0.25) is 9.78 Å². The second kappa shape index (κ2) is 6.69. The summed E-state index contributed by atoms with van der Waals surface area (Å²) in [6, 6.07) is 7.00. The number of benzene rings is 1. The molecule has 0 spiro atoms. The number of carboxylic acid groups (broad SMARTS) is 1. The Balaban J connectivity index is 2.17. The highest BCUT2D eigenvalue weighted by Crippen LogP contribution is 2.26. The fourth-order valence-electron chi connectivity index (χ4n) is 1.99. The topological polar surface area (TPSA) is 88.5 Å². The van der Waals surface area contributed by atoms with Gasteiger partial charge in [0.2, 0.25) is 5.91 Å². The molecule has 0 bridgehead atoms. The molecular weight excluding hydrogens is 272 g/mol. The average Bonchev–Trinajstić information content (AvgIpc) is 2.50. The van der Waals surface area contributed by atoms with Crippen LogP contribution in [0.2, 0.25) is 0 Å². The molecule has 0 radical (unpaired) electrons. The second-order valence-corrected chi connectivity index (χ2v) is 4.44. The van der Waals surface area contributed by atoms with Gasteiger partial charge < -0.3 is 15.2 Å². The summed E-state index contributed by atoms with van der Waals surface area (Å²) in [6.45, 7) is 0.258. The van der Waals surface area contributed by atoms with E-state index in [-0.39, 0.29) is 23.8 Å². The van der Waals surface area contributed by atoms with Crippen molar-refractivity contribution in [3.63, 3.8) is 0 Å². The molecular formula is C15H16N2O4. The molecule has 0 fully saturated rings. The highest BCUT2D eigenvalue weighted by molar-refractivity contribution is 6.04. The highest BCUT2D eigenvalue weighted by Gasteiger charge is 2.16. The van der Waals surface area contributed by atoms with Gasteiger partial charge in [0, 0.05) is 18.9 Å². The van der Waals surface area contributed by atoms with Gasteiger partial charge in [0.15, 0.2) is 5.75 Å². The van der Waals surface area contributed by atoms with E-state index < -0.39 is 5.97 Å². The van der Waals surface area contributed by atoms with E-state index in [4.69, 9.17) is 4.74 Å². The van der Waals surface area contributed by atoms with Crippen molar-refractivity contribution in [2.24, 2.45) is 0 Å². The van der Waals surface area contributed by atoms with E-state index in [2.05, 4.69) is 10.3 Å². The van der Waals surface area contributed by atoms with Gasteiger partial charge in [-0.1, -0.05) is 18.2 Å². The van der Waals surface area contributed by atoms with Crippen molar-refractivity contribution in [2.75, 3.05) is 13.7 Å². The normalized spacial score (nSPS) is 10.3. The molecule has 1 heterocycles. The lowest BCUT2D eigenvalue weighted by atomic mass is 10.1. The van der Waals surface area contributed by atoms with Crippen molar-refractivity contribution in [3.05, 3.63) is 36.0 Å². The number of carbonyl (C=O) groups excluding carboxylic acids is 1. The molecule has 0 aliphatic heterocycles. The van der Waals surface area contributed by atoms with Gasteiger partial charge in [-0.25, -0.2) is 4.79 Å². The number of amides is 1. The maximum atomic E-state index is 11.5. The Morgan fingerprint density at radius 1 is 1.33 bits per heavy atom. The van der Waals surface area contributed by atoms with Gasteiger partial charge in [0.1, 0.15) is 5.56 Å². The summed E-state index contributed by atoms with van der Waals surface area (Å²) >= 11 is 0. The molecule has 1 aromatic carbocycles. The van der Waals surface area contributed by atoms with Gasteiger partial charge in [-0.2, -0.15) is 0 Å². The number of aromatic nitrogens is 1. The van der Waals surface area contributed by atoms with E-state index in [1.54, 1.807) is 31.3 Å². The first-order chi connectivity index (χ1) is 10.1. The summed E-state index contributed by atoms with van der Waals surface area (Å²) in [5, 5.41) is 12.4. The Bertz CT molecular complexity index is 670. The molecule has 0 saturated heterocycles. The molecule has 21 heavy (non-hydrogen) atoms. The number of nitrogens with zero attached hydrogens (tertiary/aromatic N) is 1. The number of carboxylic acids is 1. The summed E-state index contributed by atoms with van der Waals surface area (Å²) in [7, 11) is 1.57. The third-order valence-electron chi connectivity index (χ3n) is 3.04. The molecule has 0 unspecified atom stereocenters. The molecule has 0 atom stereocenters. The molecule has 1 aromatic heterocycles. The van der Waals surface area contributed by atoms with Crippen molar-refractivity contribution in [3.8, 4) is 5.75 Å². The monoisotopic (exact) mass is 288 g/mol. The fraction of sp³-hybridized carbons (Fsp3) is 0.267. The number of pyridine rings is 1. The summed E-state index contributed by atoms with van der Waals surface area (Å²) < 4.78 is 5.48. The zero-order valence-corrected chi connectivity index (χ0v) is 11.6. The van der Waals surface area contributed by atoms with Crippen LogP contribution in [0.15, 0.2) is 30.5 Å². The van der Waals surface area contributed by atoms with E-state index in [1.807, 2.05) is 0 Å². The van der Waals surface area contributed by atoms with Crippen molar-refractivity contribution in [1.29, 1.82) is 0 Å². The predicted octanol–water partition coefficient (Wildman–Crippen LogP) is 1.84. The lowest BCUT2D eigenvalue weighted by molar-refractivity contribution is -0.120. The maximum Gasteiger partial charge on any atom is 0.340 e. The third kappa shape index (κ3) is 3.47. The van der Waals surface area contributed by atoms with E-state index in [0.717, 1.165) is 0 Å². The number of fused-ring (bicyclic) bond motifs is 1. The van der Waals surface area contributed by atoms with Crippen LogP contribution in [-0.2, 0) is 4.79 Å². The van der Waals surface area contributed by atoms with Crippen LogP contribution >= 0.6 is 0 Å². The van der Waals surface area contributed by atoms with Gasteiger partial charge in [-0.05, 0) is 12.5 Å². The molecule has 2 aromatic rings. The lowest BCUT2D eigenvalue weighted by Crippen LogP contribution is -2.18. The van der Waals surface area contributed by atoms with Crippen LogP contribution in [0.1, 0.15) is 23.2 Å². The first kappa shape index (κ1) is 14.8. The molecule has 1 amide bonds. The molecule has 2 N–H and O–H groups in total. The first-order valence-corrected chi connectivity index (χ1v) is 6.58. The van der Waals surface area contributed by atoms with Crippen LogP contribution < -0.4 is 10.1 Å². The Morgan fingerprint density at radius 2 is 2.10 bits per heavy atom. The molecule has 0 aliphatic carbocycles. The first-order valence-electron chi connectivity index (χ1n) is 6.58. The van der Waals surface area contributed by atoms with Gasteiger partial charge in [0.05, 0.1) is 18.3 Å². The summed E-state index contributed by atoms with van der Waals surface area (Å²) in [5.41, 5.74) is 0.702. The van der Waals surface area contributed by atoms with Crippen LogP contribution in [-0.4, -0.2) is 35.6 Å². The molecule has 6 nitrogen and oxygen atoms in total. The Kier molecular flexibility index (Phi) is 4.71. The fourth-order valence-corrected chi connectivity index (χ4v) is 1.99. The Morgan fingerprint density at radius 3 is 2.81 bits per heavy atom. The minimum absolute atomic E-state index is 0.0753. The zero-order valence-electron chi connectivity index (χ0n) is 11.6. The Hall–Kier alpha value is -2.63. The second-order valence-electron chi connectivity index (χ2n) is 4.44. The van der Waals surface area contributed by atoms with Gasteiger partial charge >= 0.3 is 5.97 Å². The van der Waals surface area contributed by atoms with E-state index >= 15 is 0 Å². The summed E-state index contributed by atoms with van der Waals surface area (Å²) in [4.78, 5) is 26.7. The average molecular weight is 288 g/mol. The molecule has 6 heteroatoms. The summed E-state index contributed by atoms with van der Waals surface area (Å²) in [5.74, 6) is -0.915. The van der Waals surface area contributed by atoms with Crippen LogP contribution in [0.4, 0.5) is 0 Å². The molecule has 110 valence electrons. The zero-order chi connectivity index (χ0) is 15.2. The number of carbonyl (C=O) groups is 2. The van der Waals surface area contributed by atoms with Crippen molar-refractivity contribution in [2.45, 2.75) is 12.8 Å². The minimum Gasteiger partial charge on any atom is -0.491 e. The SMILES string of the molecule is CNC(=O)CCCOc1cnc2ccccc2c1C(=O)O. The predicted molar refractivity (Wildman–Crippen MR) is 77.5 cm³/mol. The molecule has 0 aliphatic rings.